The lowest BCUT2D eigenvalue weighted by Crippen LogP contribution is -2.28. The van der Waals surface area contributed by atoms with Crippen molar-refractivity contribution in [2.45, 2.75) is 13.0 Å². The molecule has 1 saturated carbocycles. The van der Waals surface area contributed by atoms with Gasteiger partial charge < -0.3 is 9.84 Å². The van der Waals surface area contributed by atoms with E-state index in [1.807, 2.05) is 12.2 Å². The van der Waals surface area contributed by atoms with Crippen molar-refractivity contribution in [2.24, 2.45) is 28.8 Å². The Kier molecular flexibility index (Phi) is 5.06. The average molecular weight is 451 g/mol. The number of hydrogen-bond acceptors (Lipinski definition) is 5. The van der Waals surface area contributed by atoms with Crippen LogP contribution in [0.15, 0.2) is 59.7 Å². The molecule has 4 atom stereocenters. The Labute approximate surface area is 188 Å². The monoisotopic (exact) mass is 450 g/mol. The third-order valence-corrected chi connectivity index (χ3v) is 6.59. The highest BCUT2D eigenvalue weighted by Crippen LogP contribution is 2.52. The molecule has 2 aromatic rings. The standard InChI is InChI=1S/C24H19ClN2O5/c25-18-9-13(4-7-19(18)32-12-14-2-1-3-17(8-14)24(30)31)11-26-27-22(28)20-15-5-6-16(10-15)21(20)23(27)29/h1-9,11,15-16,20-21H,10,12H2,(H,30,31). The minimum atomic E-state index is -1.00. The molecule has 8 heteroatoms. The van der Waals surface area contributed by atoms with Gasteiger partial charge in [0.2, 0.25) is 0 Å². The zero-order valence-corrected chi connectivity index (χ0v) is 17.6. The Morgan fingerprint density at radius 3 is 2.50 bits per heavy atom. The number of ether oxygens (including phenoxy) is 1. The molecule has 0 aromatic heterocycles. The molecule has 0 radical (unpaired) electrons. The van der Waals surface area contributed by atoms with Crippen molar-refractivity contribution in [3.63, 3.8) is 0 Å². The van der Waals surface area contributed by atoms with Gasteiger partial charge in [0.1, 0.15) is 12.4 Å². The largest absolute Gasteiger partial charge is 0.487 e. The van der Waals surface area contributed by atoms with E-state index < -0.39 is 5.97 Å². The van der Waals surface area contributed by atoms with Gasteiger partial charge in [-0.05, 0) is 59.7 Å². The molecule has 2 aliphatic carbocycles. The minimum Gasteiger partial charge on any atom is -0.487 e. The van der Waals surface area contributed by atoms with Gasteiger partial charge in [0.25, 0.3) is 11.8 Å². The van der Waals surface area contributed by atoms with E-state index in [2.05, 4.69) is 5.10 Å². The van der Waals surface area contributed by atoms with Crippen LogP contribution in [-0.4, -0.2) is 34.1 Å². The van der Waals surface area contributed by atoms with Crippen molar-refractivity contribution in [2.75, 3.05) is 0 Å². The van der Waals surface area contributed by atoms with E-state index in [-0.39, 0.29) is 47.7 Å². The summed E-state index contributed by atoms with van der Waals surface area (Å²) in [6.45, 7) is 0.157. The van der Waals surface area contributed by atoms with Gasteiger partial charge in [-0.3, -0.25) is 9.59 Å². The second-order valence-electron chi connectivity index (χ2n) is 8.22. The molecular weight excluding hydrogens is 432 g/mol. The van der Waals surface area contributed by atoms with Crippen LogP contribution in [0.5, 0.6) is 5.75 Å². The number of carbonyl (C=O) groups is 3. The lowest BCUT2D eigenvalue weighted by Gasteiger charge is -2.13. The molecule has 162 valence electrons. The molecule has 1 heterocycles. The molecule has 1 N–H and O–H groups in total. The van der Waals surface area contributed by atoms with Gasteiger partial charge in [-0.2, -0.15) is 10.1 Å². The summed E-state index contributed by atoms with van der Waals surface area (Å²) in [7, 11) is 0. The van der Waals surface area contributed by atoms with Gasteiger partial charge in [0, 0.05) is 0 Å². The van der Waals surface area contributed by atoms with Crippen molar-refractivity contribution in [3.8, 4) is 5.75 Å². The highest BCUT2D eigenvalue weighted by molar-refractivity contribution is 6.32. The lowest BCUT2D eigenvalue weighted by atomic mass is 9.85. The van der Waals surface area contributed by atoms with E-state index in [1.165, 1.54) is 12.3 Å². The molecule has 4 unspecified atom stereocenters. The number of carboxylic acid groups (broad SMARTS) is 1. The molecule has 7 nitrogen and oxygen atoms in total. The predicted octanol–water partition coefficient (Wildman–Crippen LogP) is 3.76. The Bertz CT molecular complexity index is 1160. The van der Waals surface area contributed by atoms with Crippen LogP contribution in [0.4, 0.5) is 0 Å². The van der Waals surface area contributed by atoms with Crippen LogP contribution in [0.1, 0.15) is 27.9 Å². The first-order valence-corrected chi connectivity index (χ1v) is 10.6. The van der Waals surface area contributed by atoms with Crippen molar-refractivity contribution >= 4 is 35.6 Å². The van der Waals surface area contributed by atoms with Crippen LogP contribution in [0, 0.1) is 23.7 Å². The second kappa shape index (κ2) is 7.91. The Balaban J connectivity index is 1.25. The zero-order valence-electron chi connectivity index (χ0n) is 16.8. The SMILES string of the molecule is O=C(O)c1cccc(COc2ccc(C=NN3C(=O)C4C5C=CC(C5)C4C3=O)cc2Cl)c1. The number of amides is 2. The van der Waals surface area contributed by atoms with E-state index in [0.717, 1.165) is 11.4 Å². The quantitative estimate of drug-likeness (QED) is 0.410. The van der Waals surface area contributed by atoms with Crippen LogP contribution < -0.4 is 4.74 Å². The van der Waals surface area contributed by atoms with Crippen LogP contribution >= 0.6 is 11.6 Å². The summed E-state index contributed by atoms with van der Waals surface area (Å²) >= 11 is 6.32. The van der Waals surface area contributed by atoms with Gasteiger partial charge in [0.15, 0.2) is 0 Å². The number of benzene rings is 2. The molecule has 2 bridgehead atoms. The van der Waals surface area contributed by atoms with E-state index in [1.54, 1.807) is 36.4 Å². The van der Waals surface area contributed by atoms with Crippen LogP contribution in [0.2, 0.25) is 5.02 Å². The molecule has 3 aliphatic rings. The first-order valence-electron chi connectivity index (χ1n) is 10.3. The number of carboxylic acids is 1. The summed E-state index contributed by atoms with van der Waals surface area (Å²) in [5.41, 5.74) is 1.50. The van der Waals surface area contributed by atoms with Crippen LogP contribution in [-0.2, 0) is 16.2 Å². The topological polar surface area (TPSA) is 96.3 Å². The second-order valence-corrected chi connectivity index (χ2v) is 8.62. The fourth-order valence-corrected chi connectivity index (χ4v) is 5.04. The Morgan fingerprint density at radius 2 is 1.84 bits per heavy atom. The number of hydrazone groups is 1. The summed E-state index contributed by atoms with van der Waals surface area (Å²) in [4.78, 5) is 36.5. The molecule has 2 amide bonds. The first-order chi connectivity index (χ1) is 15.4. The fourth-order valence-electron chi connectivity index (χ4n) is 4.79. The Hall–Kier alpha value is -3.45. The van der Waals surface area contributed by atoms with Gasteiger partial charge in [0.05, 0.1) is 28.6 Å². The predicted molar refractivity (Wildman–Crippen MR) is 116 cm³/mol. The zero-order chi connectivity index (χ0) is 22.4. The van der Waals surface area contributed by atoms with Gasteiger partial charge in [-0.15, -0.1) is 0 Å². The summed E-state index contributed by atoms with van der Waals surface area (Å²) in [6.07, 6.45) is 6.40. The van der Waals surface area contributed by atoms with Crippen molar-refractivity contribution in [1.29, 1.82) is 0 Å². The summed E-state index contributed by atoms with van der Waals surface area (Å²) < 4.78 is 5.71. The van der Waals surface area contributed by atoms with Crippen LogP contribution in [0.3, 0.4) is 0 Å². The number of fused-ring (bicyclic) bond motifs is 5. The van der Waals surface area contributed by atoms with Crippen molar-refractivity contribution in [1.82, 2.24) is 5.01 Å². The third-order valence-electron chi connectivity index (χ3n) is 6.29. The number of rotatable bonds is 6. The number of allylic oxidation sites excluding steroid dienone is 2. The fraction of sp³-hybridized carbons (Fsp3) is 0.250. The maximum atomic E-state index is 12.7. The summed E-state index contributed by atoms with van der Waals surface area (Å²) in [6, 6.07) is 11.5. The van der Waals surface area contributed by atoms with Gasteiger partial charge in [-0.1, -0.05) is 35.9 Å². The molecule has 32 heavy (non-hydrogen) atoms. The lowest BCUT2D eigenvalue weighted by molar-refractivity contribution is -0.140. The van der Waals surface area contributed by atoms with E-state index in [4.69, 9.17) is 21.4 Å². The highest BCUT2D eigenvalue weighted by Gasteiger charge is 2.59. The number of imide groups is 1. The molecule has 1 saturated heterocycles. The molecule has 2 aromatic carbocycles. The summed E-state index contributed by atoms with van der Waals surface area (Å²) in [5, 5.41) is 14.6. The molecular formula is C24H19ClN2O5. The van der Waals surface area contributed by atoms with Gasteiger partial charge in [-0.25, -0.2) is 4.79 Å². The molecule has 2 fully saturated rings. The van der Waals surface area contributed by atoms with E-state index >= 15 is 0 Å². The van der Waals surface area contributed by atoms with E-state index in [9.17, 15) is 14.4 Å². The average Bonchev–Trinajstić information content (AvgIpc) is 3.46. The maximum absolute atomic E-state index is 12.7. The smallest absolute Gasteiger partial charge is 0.335 e. The number of carbonyl (C=O) groups excluding carboxylic acids is 2. The van der Waals surface area contributed by atoms with Crippen molar-refractivity contribution < 1.29 is 24.2 Å². The minimum absolute atomic E-state index is 0.142. The number of aromatic carboxylic acids is 1. The number of halogens is 1. The number of nitrogens with zero attached hydrogens (tertiary/aromatic N) is 2. The molecule has 0 spiro atoms. The molecule has 5 rings (SSSR count). The first kappa shape index (κ1) is 20.5. The highest BCUT2D eigenvalue weighted by atomic mass is 35.5. The van der Waals surface area contributed by atoms with Crippen molar-refractivity contribution in [3.05, 3.63) is 76.3 Å². The van der Waals surface area contributed by atoms with Crippen LogP contribution in [0.25, 0.3) is 0 Å². The third kappa shape index (κ3) is 3.48. The number of hydrogen-bond donors (Lipinski definition) is 1. The molecule has 1 aliphatic heterocycles. The Morgan fingerprint density at radius 1 is 1.12 bits per heavy atom. The maximum Gasteiger partial charge on any atom is 0.335 e. The summed E-state index contributed by atoms with van der Waals surface area (Å²) in [5.74, 6) is -1.33. The normalized spacial score (nSPS) is 25.7. The van der Waals surface area contributed by atoms with E-state index in [0.29, 0.717) is 21.9 Å². The van der Waals surface area contributed by atoms with Gasteiger partial charge >= 0.3 is 5.97 Å².